The molecular weight excluding hydrogens is 360 g/mol. The molecule has 0 radical (unpaired) electrons. The van der Waals surface area contributed by atoms with Crippen LogP contribution in [0.3, 0.4) is 0 Å². The monoisotopic (exact) mass is 388 g/mol. The topological polar surface area (TPSA) is 57.7 Å². The van der Waals surface area contributed by atoms with E-state index in [4.69, 9.17) is 0 Å². The van der Waals surface area contributed by atoms with Crippen LogP contribution in [0.4, 0.5) is 5.69 Å². The minimum absolute atomic E-state index is 0.0878. The minimum atomic E-state index is -3.32. The number of para-hydroxylation sites is 1. The second kappa shape index (κ2) is 10.2. The fraction of sp³-hybridized carbons (Fsp3) is 0.381. The summed E-state index contributed by atoms with van der Waals surface area (Å²) < 4.78 is 25.4. The molecular formula is C21H28N2O3S. The van der Waals surface area contributed by atoms with Crippen molar-refractivity contribution in [2.45, 2.75) is 32.7 Å². The third-order valence-electron chi connectivity index (χ3n) is 4.36. The van der Waals surface area contributed by atoms with E-state index in [1.807, 2.05) is 67.6 Å². The molecule has 0 aliphatic carbocycles. The molecule has 0 N–H and O–H groups in total. The molecule has 0 fully saturated rings. The second-order valence-corrected chi connectivity index (χ2v) is 8.55. The van der Waals surface area contributed by atoms with E-state index in [9.17, 15) is 13.2 Å². The largest absolute Gasteiger partial charge is 0.308 e. The van der Waals surface area contributed by atoms with Crippen molar-refractivity contribution in [1.29, 1.82) is 0 Å². The fourth-order valence-corrected chi connectivity index (χ4v) is 3.71. The molecule has 0 spiro atoms. The number of unbranched alkanes of at least 4 members (excludes halogenated alkanes) is 1. The molecule has 0 aliphatic heterocycles. The van der Waals surface area contributed by atoms with E-state index in [0.29, 0.717) is 13.1 Å². The highest BCUT2D eigenvalue weighted by Gasteiger charge is 2.21. The predicted molar refractivity (Wildman–Crippen MR) is 110 cm³/mol. The van der Waals surface area contributed by atoms with E-state index in [-0.39, 0.29) is 18.9 Å². The lowest BCUT2D eigenvalue weighted by Crippen LogP contribution is -2.37. The summed E-state index contributed by atoms with van der Waals surface area (Å²) >= 11 is 0. The van der Waals surface area contributed by atoms with Crippen molar-refractivity contribution < 1.29 is 13.2 Å². The van der Waals surface area contributed by atoms with Crippen LogP contribution >= 0.6 is 0 Å². The molecule has 0 saturated carbocycles. The lowest BCUT2D eigenvalue weighted by atomic mass is 10.2. The van der Waals surface area contributed by atoms with Gasteiger partial charge in [0.1, 0.15) is 0 Å². The number of benzene rings is 2. The molecule has 0 aromatic heterocycles. The van der Waals surface area contributed by atoms with Crippen LogP contribution in [0.1, 0.15) is 31.7 Å². The van der Waals surface area contributed by atoms with E-state index in [1.165, 1.54) is 10.6 Å². The first kappa shape index (κ1) is 21.1. The van der Waals surface area contributed by atoms with Gasteiger partial charge in [0.05, 0.1) is 12.8 Å². The number of carbonyl (C=O) groups is 1. The third kappa shape index (κ3) is 6.81. The summed E-state index contributed by atoms with van der Waals surface area (Å²) in [6, 6.07) is 19.3. The maximum Gasteiger partial charge on any atom is 0.228 e. The number of rotatable bonds is 10. The number of hydrogen-bond acceptors (Lipinski definition) is 3. The van der Waals surface area contributed by atoms with Gasteiger partial charge in [-0.3, -0.25) is 4.79 Å². The van der Waals surface area contributed by atoms with Crippen molar-refractivity contribution in [2.75, 3.05) is 24.2 Å². The summed E-state index contributed by atoms with van der Waals surface area (Å²) in [5.74, 6) is -0.0878. The first-order valence-corrected chi connectivity index (χ1v) is 11.1. The highest BCUT2D eigenvalue weighted by Crippen LogP contribution is 2.18. The molecule has 0 heterocycles. The Kier molecular flexibility index (Phi) is 8.00. The molecule has 2 rings (SSSR count). The molecule has 2 aromatic rings. The van der Waals surface area contributed by atoms with E-state index in [1.54, 1.807) is 4.90 Å². The number of carbonyl (C=O) groups excluding carboxylic acids is 1. The van der Waals surface area contributed by atoms with Crippen LogP contribution in [-0.4, -0.2) is 38.0 Å². The van der Waals surface area contributed by atoms with Gasteiger partial charge in [0.25, 0.3) is 0 Å². The maximum atomic E-state index is 13.0. The number of hydrogen-bond donors (Lipinski definition) is 0. The molecule has 5 nitrogen and oxygen atoms in total. The maximum absolute atomic E-state index is 13.0. The molecule has 0 atom stereocenters. The summed E-state index contributed by atoms with van der Waals surface area (Å²) in [6.07, 6.45) is 3.04. The molecule has 0 bridgehead atoms. The van der Waals surface area contributed by atoms with E-state index in [0.717, 1.165) is 24.1 Å². The number of anilines is 1. The van der Waals surface area contributed by atoms with Crippen molar-refractivity contribution in [3.8, 4) is 0 Å². The van der Waals surface area contributed by atoms with Gasteiger partial charge < -0.3 is 4.90 Å². The molecule has 0 saturated heterocycles. The van der Waals surface area contributed by atoms with Gasteiger partial charge in [0.2, 0.25) is 15.9 Å². The van der Waals surface area contributed by atoms with Crippen molar-refractivity contribution in [2.24, 2.45) is 0 Å². The summed E-state index contributed by atoms with van der Waals surface area (Å²) in [6.45, 7) is 3.13. The van der Waals surface area contributed by atoms with Gasteiger partial charge in [-0.05, 0) is 24.1 Å². The average molecular weight is 389 g/mol. The van der Waals surface area contributed by atoms with E-state index < -0.39 is 10.0 Å². The van der Waals surface area contributed by atoms with Crippen molar-refractivity contribution >= 4 is 21.6 Å². The Hall–Kier alpha value is -2.18. The zero-order valence-corrected chi connectivity index (χ0v) is 16.9. The number of sulfonamides is 1. The Bertz CT molecular complexity index is 808. The van der Waals surface area contributed by atoms with Gasteiger partial charge in [-0.15, -0.1) is 0 Å². The lowest BCUT2D eigenvalue weighted by molar-refractivity contribution is -0.118. The molecule has 6 heteroatoms. The summed E-state index contributed by atoms with van der Waals surface area (Å²) in [5, 5.41) is 0. The zero-order valence-electron chi connectivity index (χ0n) is 16.0. The van der Waals surface area contributed by atoms with Crippen LogP contribution in [0.5, 0.6) is 0 Å². The van der Waals surface area contributed by atoms with Crippen molar-refractivity contribution in [1.82, 2.24) is 4.31 Å². The normalized spacial score (nSPS) is 11.5. The molecule has 1 amide bonds. The summed E-state index contributed by atoms with van der Waals surface area (Å²) in [4.78, 5) is 14.7. The van der Waals surface area contributed by atoms with Crippen molar-refractivity contribution in [3.63, 3.8) is 0 Å². The van der Waals surface area contributed by atoms with Gasteiger partial charge >= 0.3 is 0 Å². The zero-order chi connectivity index (χ0) is 19.7. The lowest BCUT2D eigenvalue weighted by Gasteiger charge is -2.25. The Morgan fingerprint density at radius 3 is 2.07 bits per heavy atom. The van der Waals surface area contributed by atoms with Crippen LogP contribution in [0.15, 0.2) is 60.7 Å². The first-order chi connectivity index (χ1) is 12.9. The van der Waals surface area contributed by atoms with Crippen LogP contribution in [0.25, 0.3) is 0 Å². The highest BCUT2D eigenvalue weighted by atomic mass is 32.2. The van der Waals surface area contributed by atoms with E-state index >= 15 is 0 Å². The second-order valence-electron chi connectivity index (χ2n) is 6.57. The van der Waals surface area contributed by atoms with Gasteiger partial charge in [-0.25, -0.2) is 12.7 Å². The summed E-state index contributed by atoms with van der Waals surface area (Å²) in [5.41, 5.74) is 1.84. The SMILES string of the molecule is CCCCN(CCC(=O)N(Cc1ccccc1)c1ccccc1)S(C)(=O)=O. The van der Waals surface area contributed by atoms with Gasteiger partial charge in [-0.1, -0.05) is 61.9 Å². The minimum Gasteiger partial charge on any atom is -0.308 e. The molecule has 27 heavy (non-hydrogen) atoms. The summed E-state index contributed by atoms with van der Waals surface area (Å²) in [7, 11) is -3.32. The Balaban J connectivity index is 2.13. The van der Waals surface area contributed by atoms with Gasteiger partial charge in [0.15, 0.2) is 0 Å². The fourth-order valence-electron chi connectivity index (χ4n) is 2.83. The standard InChI is InChI=1S/C21H28N2O3S/c1-3-4-16-22(27(2,25)26)17-15-21(24)23(20-13-9-6-10-14-20)18-19-11-7-5-8-12-19/h5-14H,3-4,15-18H2,1-2H3. The highest BCUT2D eigenvalue weighted by molar-refractivity contribution is 7.88. The van der Waals surface area contributed by atoms with Gasteiger partial charge in [0, 0.05) is 25.2 Å². The molecule has 0 aliphatic rings. The Morgan fingerprint density at radius 2 is 1.52 bits per heavy atom. The quantitative estimate of drug-likeness (QED) is 0.624. The molecule has 146 valence electrons. The van der Waals surface area contributed by atoms with Crippen LogP contribution in [-0.2, 0) is 21.4 Å². The Labute approximate surface area is 162 Å². The van der Waals surface area contributed by atoms with Crippen LogP contribution in [0.2, 0.25) is 0 Å². The Morgan fingerprint density at radius 1 is 0.926 bits per heavy atom. The smallest absolute Gasteiger partial charge is 0.228 e. The van der Waals surface area contributed by atoms with Gasteiger partial charge in [-0.2, -0.15) is 0 Å². The third-order valence-corrected chi connectivity index (χ3v) is 5.66. The van der Waals surface area contributed by atoms with E-state index in [2.05, 4.69) is 0 Å². The first-order valence-electron chi connectivity index (χ1n) is 9.26. The number of amides is 1. The number of nitrogens with zero attached hydrogens (tertiary/aromatic N) is 2. The van der Waals surface area contributed by atoms with Crippen LogP contribution < -0.4 is 4.90 Å². The van der Waals surface area contributed by atoms with Crippen LogP contribution in [0, 0.1) is 0 Å². The molecule has 2 aromatic carbocycles. The van der Waals surface area contributed by atoms with Crippen molar-refractivity contribution in [3.05, 3.63) is 66.2 Å². The molecule has 0 unspecified atom stereocenters. The predicted octanol–water partition coefficient (Wildman–Crippen LogP) is 3.67. The average Bonchev–Trinajstić information content (AvgIpc) is 2.66.